The molecule has 0 spiro atoms. The summed E-state index contributed by atoms with van der Waals surface area (Å²) in [7, 11) is 1.67. The Balaban J connectivity index is 2.05. The fourth-order valence-electron chi connectivity index (χ4n) is 2.95. The quantitative estimate of drug-likeness (QED) is 0.530. The molecule has 4 nitrogen and oxygen atoms in total. The van der Waals surface area contributed by atoms with Crippen molar-refractivity contribution >= 4 is 17.5 Å². The highest BCUT2D eigenvalue weighted by atomic mass is 35.5. The van der Waals surface area contributed by atoms with E-state index in [0.717, 1.165) is 42.1 Å². The zero-order valence-corrected chi connectivity index (χ0v) is 16.5. The molecule has 1 heterocycles. The van der Waals surface area contributed by atoms with Crippen molar-refractivity contribution in [3.8, 4) is 0 Å². The third kappa shape index (κ3) is 6.50. The molecule has 0 aliphatic carbocycles. The first kappa shape index (κ1) is 20.5. The number of carbonyl (C=O) groups excluding carboxylic acids is 1. The second-order valence-corrected chi connectivity index (χ2v) is 6.96. The van der Waals surface area contributed by atoms with Crippen molar-refractivity contribution in [1.82, 2.24) is 9.47 Å². The summed E-state index contributed by atoms with van der Waals surface area (Å²) in [6.45, 7) is 4.65. The lowest BCUT2D eigenvalue weighted by atomic mass is 10.2. The van der Waals surface area contributed by atoms with Gasteiger partial charge in [0.2, 0.25) is 5.91 Å². The molecule has 0 fully saturated rings. The molecule has 26 heavy (non-hydrogen) atoms. The molecule has 0 radical (unpaired) electrons. The van der Waals surface area contributed by atoms with Crippen LogP contribution >= 0.6 is 11.6 Å². The maximum Gasteiger partial charge on any atom is 0.222 e. The normalized spacial score (nSPS) is 10.9. The Morgan fingerprint density at radius 3 is 2.81 bits per heavy atom. The topological polar surface area (TPSA) is 34.5 Å². The lowest BCUT2D eigenvalue weighted by Crippen LogP contribution is -2.34. The van der Waals surface area contributed by atoms with Crippen molar-refractivity contribution < 1.29 is 9.53 Å². The van der Waals surface area contributed by atoms with E-state index >= 15 is 0 Å². The number of amides is 1. The van der Waals surface area contributed by atoms with Crippen LogP contribution < -0.4 is 0 Å². The van der Waals surface area contributed by atoms with E-state index in [1.54, 1.807) is 7.11 Å². The molecule has 142 valence electrons. The van der Waals surface area contributed by atoms with Gasteiger partial charge in [0.1, 0.15) is 0 Å². The summed E-state index contributed by atoms with van der Waals surface area (Å²) in [6.07, 6.45) is 5.81. The first-order valence-electron chi connectivity index (χ1n) is 9.29. The molecule has 1 amide bonds. The van der Waals surface area contributed by atoms with E-state index in [2.05, 4.69) is 23.6 Å². The van der Waals surface area contributed by atoms with E-state index in [9.17, 15) is 4.79 Å². The molecule has 1 aromatic carbocycles. The van der Waals surface area contributed by atoms with E-state index < -0.39 is 0 Å². The molecule has 2 rings (SSSR count). The summed E-state index contributed by atoms with van der Waals surface area (Å²) in [4.78, 5) is 14.5. The second-order valence-electron chi connectivity index (χ2n) is 6.52. The number of hydrogen-bond acceptors (Lipinski definition) is 2. The van der Waals surface area contributed by atoms with E-state index in [1.165, 1.54) is 0 Å². The molecule has 0 saturated heterocycles. The summed E-state index contributed by atoms with van der Waals surface area (Å²) < 4.78 is 7.36. The molecule has 1 aromatic heterocycles. The van der Waals surface area contributed by atoms with Gasteiger partial charge >= 0.3 is 0 Å². The molecule has 0 unspecified atom stereocenters. The highest BCUT2D eigenvalue weighted by Gasteiger charge is 2.15. The van der Waals surface area contributed by atoms with Crippen LogP contribution in [0.1, 0.15) is 43.9 Å². The van der Waals surface area contributed by atoms with E-state index in [1.807, 2.05) is 35.4 Å². The molecular weight excluding hydrogens is 348 g/mol. The van der Waals surface area contributed by atoms with Crippen LogP contribution in [-0.2, 0) is 22.6 Å². The van der Waals surface area contributed by atoms with Crippen molar-refractivity contribution in [2.24, 2.45) is 0 Å². The van der Waals surface area contributed by atoms with Gasteiger partial charge in [-0.25, -0.2) is 0 Å². The maximum absolute atomic E-state index is 12.6. The summed E-state index contributed by atoms with van der Waals surface area (Å²) >= 11 is 6.09. The molecule has 0 saturated carbocycles. The largest absolute Gasteiger partial charge is 0.383 e. The third-order valence-corrected chi connectivity index (χ3v) is 4.67. The Hall–Kier alpha value is -1.78. The number of benzene rings is 1. The van der Waals surface area contributed by atoms with Crippen LogP contribution in [0, 0.1) is 0 Å². The number of unbranched alkanes of at least 4 members (excludes halogenated alkanes) is 2. The summed E-state index contributed by atoms with van der Waals surface area (Å²) in [5.74, 6) is 0.200. The van der Waals surface area contributed by atoms with Gasteiger partial charge in [-0.3, -0.25) is 4.79 Å². The SMILES string of the molecule is CCCCCC(=O)N(CCOC)Cc1cccn1Cc1cccc(Cl)c1. The first-order chi connectivity index (χ1) is 12.6. The maximum atomic E-state index is 12.6. The molecule has 2 aromatic rings. The fraction of sp³-hybridized carbons (Fsp3) is 0.476. The fourth-order valence-corrected chi connectivity index (χ4v) is 3.17. The Bertz CT molecular complexity index is 684. The number of halogens is 1. The molecule has 0 atom stereocenters. The minimum atomic E-state index is 0.200. The van der Waals surface area contributed by atoms with Gasteiger partial charge in [-0.15, -0.1) is 0 Å². The number of aromatic nitrogens is 1. The molecular formula is C21H29ClN2O2. The number of nitrogens with zero attached hydrogens (tertiary/aromatic N) is 2. The van der Waals surface area contributed by atoms with Crippen LogP contribution in [0.4, 0.5) is 0 Å². The van der Waals surface area contributed by atoms with E-state index in [4.69, 9.17) is 16.3 Å². The van der Waals surface area contributed by atoms with Gasteiger partial charge in [0.05, 0.1) is 13.2 Å². The van der Waals surface area contributed by atoms with Gasteiger partial charge in [-0.05, 0) is 36.2 Å². The molecule has 0 N–H and O–H groups in total. The Kier molecular flexibility index (Phi) is 8.72. The van der Waals surface area contributed by atoms with Crippen LogP contribution in [0.5, 0.6) is 0 Å². The summed E-state index contributed by atoms with van der Waals surface area (Å²) in [6, 6.07) is 12.0. The third-order valence-electron chi connectivity index (χ3n) is 4.43. The van der Waals surface area contributed by atoms with Crippen LogP contribution in [0.25, 0.3) is 0 Å². The van der Waals surface area contributed by atoms with E-state index in [0.29, 0.717) is 26.1 Å². The highest BCUT2D eigenvalue weighted by molar-refractivity contribution is 6.30. The van der Waals surface area contributed by atoms with Crippen molar-refractivity contribution in [1.29, 1.82) is 0 Å². The van der Waals surface area contributed by atoms with Crippen LogP contribution in [0.3, 0.4) is 0 Å². The zero-order chi connectivity index (χ0) is 18.8. The van der Waals surface area contributed by atoms with Gasteiger partial charge in [-0.1, -0.05) is 43.5 Å². The first-order valence-corrected chi connectivity index (χ1v) is 9.67. The molecule has 0 aliphatic heterocycles. The van der Waals surface area contributed by atoms with Crippen molar-refractivity contribution in [2.75, 3.05) is 20.3 Å². The number of methoxy groups -OCH3 is 1. The number of carbonyl (C=O) groups is 1. The smallest absolute Gasteiger partial charge is 0.222 e. The minimum Gasteiger partial charge on any atom is -0.383 e. The van der Waals surface area contributed by atoms with Crippen LogP contribution in [0.15, 0.2) is 42.6 Å². The Morgan fingerprint density at radius 1 is 1.23 bits per heavy atom. The Morgan fingerprint density at radius 2 is 2.08 bits per heavy atom. The van der Waals surface area contributed by atoms with Gasteiger partial charge in [0.25, 0.3) is 0 Å². The van der Waals surface area contributed by atoms with E-state index in [-0.39, 0.29) is 5.91 Å². The van der Waals surface area contributed by atoms with Gasteiger partial charge < -0.3 is 14.2 Å². The standard InChI is InChI=1S/C21H29ClN2O2/c1-3-4-5-11-21(25)24(13-14-26-2)17-20-10-7-12-23(20)16-18-8-6-9-19(22)15-18/h6-10,12,15H,3-5,11,13-14,16-17H2,1-2H3. The summed E-state index contributed by atoms with van der Waals surface area (Å²) in [5, 5.41) is 0.740. The minimum absolute atomic E-state index is 0.200. The second kappa shape index (κ2) is 11.0. The van der Waals surface area contributed by atoms with Crippen molar-refractivity contribution in [2.45, 2.75) is 45.7 Å². The van der Waals surface area contributed by atoms with Crippen molar-refractivity contribution in [3.05, 3.63) is 58.9 Å². The van der Waals surface area contributed by atoms with Gasteiger partial charge in [0, 0.05) is 43.5 Å². The lowest BCUT2D eigenvalue weighted by Gasteiger charge is -2.23. The lowest BCUT2D eigenvalue weighted by molar-refractivity contribution is -0.132. The average Bonchev–Trinajstić information content (AvgIpc) is 3.05. The van der Waals surface area contributed by atoms with Crippen LogP contribution in [0.2, 0.25) is 5.02 Å². The number of hydrogen-bond donors (Lipinski definition) is 0. The van der Waals surface area contributed by atoms with Gasteiger partial charge in [-0.2, -0.15) is 0 Å². The van der Waals surface area contributed by atoms with Gasteiger partial charge in [0.15, 0.2) is 0 Å². The average molecular weight is 377 g/mol. The predicted octanol–water partition coefficient (Wildman–Crippen LogP) is 4.75. The number of rotatable bonds is 11. The monoisotopic (exact) mass is 376 g/mol. The number of ether oxygens (including phenoxy) is 1. The molecule has 0 bridgehead atoms. The van der Waals surface area contributed by atoms with Crippen LogP contribution in [-0.4, -0.2) is 35.6 Å². The summed E-state index contributed by atoms with van der Waals surface area (Å²) in [5.41, 5.74) is 2.26. The molecule has 0 aliphatic rings. The molecule has 5 heteroatoms. The Labute approximate surface area is 161 Å². The zero-order valence-electron chi connectivity index (χ0n) is 15.8. The van der Waals surface area contributed by atoms with Crippen molar-refractivity contribution in [3.63, 3.8) is 0 Å². The predicted molar refractivity (Wildman–Crippen MR) is 106 cm³/mol. The highest BCUT2D eigenvalue weighted by Crippen LogP contribution is 2.15.